The van der Waals surface area contributed by atoms with Gasteiger partial charge in [0.25, 0.3) is 5.91 Å². The number of fused-ring (bicyclic) bond motifs is 1. The largest absolute Gasteiger partial charge is 0.478 e. The second kappa shape index (κ2) is 15.4. The molecule has 0 radical (unpaired) electrons. The third kappa shape index (κ3) is 9.71. The number of nitrogens with one attached hydrogen (secondary N) is 2. The Morgan fingerprint density at radius 2 is 1.30 bits per heavy atom. The third-order valence-corrected chi connectivity index (χ3v) is 9.29. The lowest BCUT2D eigenvalue weighted by molar-refractivity contribution is -0.138. The van der Waals surface area contributed by atoms with Crippen molar-refractivity contribution in [1.29, 1.82) is 0 Å². The molecule has 0 saturated carbocycles. The third-order valence-electron chi connectivity index (χ3n) is 8.53. The summed E-state index contributed by atoms with van der Waals surface area (Å²) in [5.41, 5.74) is 2.93. The van der Waals surface area contributed by atoms with Gasteiger partial charge in [0.05, 0.1) is 28.5 Å². The zero-order valence-corrected chi connectivity index (χ0v) is 29.3. The van der Waals surface area contributed by atoms with Gasteiger partial charge in [-0.15, -0.1) is 0 Å². The number of anilines is 1. The van der Waals surface area contributed by atoms with E-state index in [1.54, 1.807) is 37.3 Å². The molecule has 5 aromatic rings. The lowest BCUT2D eigenvalue weighted by Crippen LogP contribution is -2.34. The first kappa shape index (κ1) is 39.7. The Bertz CT molecular complexity index is 2310. The van der Waals surface area contributed by atoms with Crippen LogP contribution < -0.4 is 10.0 Å². The Morgan fingerprint density at radius 3 is 1.85 bits per heavy atom. The molecule has 1 aliphatic rings. The molecule has 0 aliphatic heterocycles. The first-order valence-corrected chi connectivity index (χ1v) is 18.0. The van der Waals surface area contributed by atoms with Gasteiger partial charge in [-0.3, -0.25) is 4.79 Å². The van der Waals surface area contributed by atoms with Gasteiger partial charge >= 0.3 is 18.3 Å². The normalized spacial score (nSPS) is 14.1. The Kier molecular flexibility index (Phi) is 11.3. The standard InChI is InChI=1S/C24H20F4N2O3S.C15H11F3O2/c1-34(32,33)30-20-10-15-4-8-19(11-16(15)12-20)29-23(31)22-13-18(25)7-9-21(22)14-2-5-17(6-3-14)24(26,27)28;1-9-3-2-4-12(14(19)20)13(9)10-5-7-11(8-6-10)15(16,17)18/h2-9,11,13,20,30H,10,12H2,1H3,(H,29,31);2-8H,1H3,(H,19,20)/t20-;/m0./s1. The number of carbonyl (C=O) groups is 2. The summed E-state index contributed by atoms with van der Waals surface area (Å²) in [6.07, 6.45) is -6.82. The summed E-state index contributed by atoms with van der Waals surface area (Å²) < 4.78 is 116. The molecule has 1 atom stereocenters. The van der Waals surface area contributed by atoms with Gasteiger partial charge in [-0.1, -0.05) is 48.5 Å². The molecule has 0 aromatic heterocycles. The minimum atomic E-state index is -4.50. The number of alkyl halides is 6. The van der Waals surface area contributed by atoms with E-state index < -0.39 is 51.2 Å². The van der Waals surface area contributed by atoms with Gasteiger partial charge in [0.15, 0.2) is 0 Å². The minimum absolute atomic E-state index is 0.0307. The number of carboxylic acids is 1. The van der Waals surface area contributed by atoms with E-state index in [4.69, 9.17) is 5.11 Å². The second-order valence-corrected chi connectivity index (χ2v) is 14.4. The van der Waals surface area contributed by atoms with Crippen LogP contribution in [0, 0.1) is 12.7 Å². The van der Waals surface area contributed by atoms with Gasteiger partial charge in [-0.25, -0.2) is 22.3 Å². The van der Waals surface area contributed by atoms with Crippen molar-refractivity contribution in [2.45, 2.75) is 38.2 Å². The molecule has 6 rings (SSSR count). The van der Waals surface area contributed by atoms with E-state index in [2.05, 4.69) is 10.0 Å². The number of carboxylic acid groups (broad SMARTS) is 1. The maximum absolute atomic E-state index is 14.0. The Labute approximate surface area is 305 Å². The van der Waals surface area contributed by atoms with Crippen LogP contribution in [0.3, 0.4) is 0 Å². The van der Waals surface area contributed by atoms with Crippen molar-refractivity contribution in [2.75, 3.05) is 11.6 Å². The summed E-state index contributed by atoms with van der Waals surface area (Å²) in [5.74, 6) is -2.40. The van der Waals surface area contributed by atoms with Crippen molar-refractivity contribution in [3.8, 4) is 22.3 Å². The second-order valence-electron chi connectivity index (χ2n) is 12.6. The maximum atomic E-state index is 14.0. The van der Waals surface area contributed by atoms with Crippen molar-refractivity contribution < 1.29 is 53.8 Å². The molecule has 5 aromatic carbocycles. The average Bonchev–Trinajstić information content (AvgIpc) is 3.48. The van der Waals surface area contributed by atoms with Gasteiger partial charge in [-0.05, 0) is 113 Å². The molecule has 0 heterocycles. The van der Waals surface area contributed by atoms with Crippen LogP contribution >= 0.6 is 0 Å². The van der Waals surface area contributed by atoms with Crippen LogP contribution in [0.4, 0.5) is 36.4 Å². The summed E-state index contributed by atoms with van der Waals surface area (Å²) in [6, 6.07) is 21.9. The lowest BCUT2D eigenvalue weighted by atomic mass is 9.94. The average molecular weight is 773 g/mol. The SMILES string of the molecule is CS(=O)(=O)N[C@H]1Cc2ccc(NC(=O)c3cc(F)ccc3-c3ccc(C(F)(F)F)cc3)cc2C1.Cc1cccc(C(=O)O)c1-c1ccc(C(F)(F)F)cc1. The summed E-state index contributed by atoms with van der Waals surface area (Å²) in [4.78, 5) is 24.2. The number of halogens is 7. The summed E-state index contributed by atoms with van der Waals surface area (Å²) in [6.45, 7) is 1.72. The Morgan fingerprint density at radius 1 is 0.722 bits per heavy atom. The van der Waals surface area contributed by atoms with Crippen LogP contribution in [0.1, 0.15) is 48.5 Å². The van der Waals surface area contributed by atoms with E-state index >= 15 is 0 Å². The first-order chi connectivity index (χ1) is 25.2. The molecule has 7 nitrogen and oxygen atoms in total. The molecule has 15 heteroatoms. The van der Waals surface area contributed by atoms with Crippen molar-refractivity contribution in [1.82, 2.24) is 4.72 Å². The van der Waals surface area contributed by atoms with E-state index in [1.807, 2.05) is 0 Å². The highest BCUT2D eigenvalue weighted by Crippen LogP contribution is 2.35. The van der Waals surface area contributed by atoms with Gasteiger partial charge < -0.3 is 10.4 Å². The number of aryl methyl sites for hydroxylation is 1. The molecule has 0 bridgehead atoms. The quantitative estimate of drug-likeness (QED) is 0.143. The molecular weight excluding hydrogens is 741 g/mol. The number of aromatic carboxylic acids is 1. The van der Waals surface area contributed by atoms with Gasteiger partial charge in [0.2, 0.25) is 10.0 Å². The van der Waals surface area contributed by atoms with Crippen molar-refractivity contribution in [3.05, 3.63) is 148 Å². The van der Waals surface area contributed by atoms with Crippen molar-refractivity contribution >= 4 is 27.6 Å². The molecule has 0 fully saturated rings. The Balaban J connectivity index is 0.000000239. The predicted molar refractivity (Wildman–Crippen MR) is 189 cm³/mol. The Hall–Kier alpha value is -5.54. The molecule has 1 amide bonds. The minimum Gasteiger partial charge on any atom is -0.478 e. The predicted octanol–water partition coefficient (Wildman–Crippen LogP) is 9.16. The van der Waals surface area contributed by atoms with Gasteiger partial charge in [0, 0.05) is 11.7 Å². The molecule has 0 unspecified atom stereocenters. The van der Waals surface area contributed by atoms with Crippen molar-refractivity contribution in [2.24, 2.45) is 0 Å². The number of benzene rings is 5. The number of hydrogen-bond acceptors (Lipinski definition) is 4. The maximum Gasteiger partial charge on any atom is 0.416 e. The molecule has 0 saturated heterocycles. The number of amides is 1. The van der Waals surface area contributed by atoms with E-state index in [0.717, 1.165) is 53.8 Å². The van der Waals surface area contributed by atoms with Crippen LogP contribution in [-0.2, 0) is 35.2 Å². The topological polar surface area (TPSA) is 113 Å². The van der Waals surface area contributed by atoms with Crippen LogP contribution in [0.15, 0.2) is 103 Å². The fourth-order valence-electron chi connectivity index (χ4n) is 6.13. The molecule has 282 valence electrons. The molecular formula is C39H31F7N2O5S. The lowest BCUT2D eigenvalue weighted by Gasteiger charge is -2.13. The zero-order valence-electron chi connectivity index (χ0n) is 28.4. The molecule has 3 N–H and O–H groups in total. The zero-order chi connectivity index (χ0) is 39.6. The monoisotopic (exact) mass is 772 g/mol. The first-order valence-electron chi connectivity index (χ1n) is 16.1. The van der Waals surface area contributed by atoms with Crippen molar-refractivity contribution in [3.63, 3.8) is 0 Å². The van der Waals surface area contributed by atoms with Gasteiger partial charge in [0.1, 0.15) is 5.82 Å². The van der Waals surface area contributed by atoms with Gasteiger partial charge in [-0.2, -0.15) is 26.3 Å². The summed E-state index contributed by atoms with van der Waals surface area (Å²) in [5, 5.41) is 11.9. The van der Waals surface area contributed by atoms with Crippen LogP contribution in [0.25, 0.3) is 22.3 Å². The highest BCUT2D eigenvalue weighted by Gasteiger charge is 2.31. The fraction of sp³-hybridized carbons (Fsp3) is 0.179. The van der Waals surface area contributed by atoms with Crippen LogP contribution in [0.5, 0.6) is 0 Å². The fourth-order valence-corrected chi connectivity index (χ4v) is 6.90. The van der Waals surface area contributed by atoms with E-state index in [9.17, 15) is 48.7 Å². The summed E-state index contributed by atoms with van der Waals surface area (Å²) in [7, 11) is -3.35. The van der Waals surface area contributed by atoms with Crippen LogP contribution in [-0.4, -0.2) is 37.7 Å². The van der Waals surface area contributed by atoms with E-state index in [0.29, 0.717) is 40.8 Å². The number of rotatable bonds is 7. The molecule has 1 aliphatic carbocycles. The van der Waals surface area contributed by atoms with Crippen LogP contribution in [0.2, 0.25) is 0 Å². The number of carbonyl (C=O) groups excluding carboxylic acids is 1. The smallest absolute Gasteiger partial charge is 0.416 e. The number of hydrogen-bond donors (Lipinski definition) is 3. The van der Waals surface area contributed by atoms with E-state index in [1.165, 1.54) is 36.4 Å². The molecule has 0 spiro atoms. The summed E-state index contributed by atoms with van der Waals surface area (Å²) >= 11 is 0. The number of sulfonamides is 1. The highest BCUT2D eigenvalue weighted by molar-refractivity contribution is 7.88. The van der Waals surface area contributed by atoms with E-state index in [-0.39, 0.29) is 22.7 Å². The molecule has 54 heavy (non-hydrogen) atoms. The highest BCUT2D eigenvalue weighted by atomic mass is 32.2.